The lowest BCUT2D eigenvalue weighted by Gasteiger charge is -2.31. The van der Waals surface area contributed by atoms with Gasteiger partial charge in [0.05, 0.1) is 31.4 Å². The maximum atomic E-state index is 11.9. The van der Waals surface area contributed by atoms with Gasteiger partial charge >= 0.3 is 5.97 Å². The van der Waals surface area contributed by atoms with Crippen LogP contribution in [0.4, 0.5) is 0 Å². The maximum Gasteiger partial charge on any atom is 0.357 e. The van der Waals surface area contributed by atoms with E-state index in [9.17, 15) is 9.90 Å². The lowest BCUT2D eigenvalue weighted by Crippen LogP contribution is -2.46. The topological polar surface area (TPSA) is 59.0 Å². The van der Waals surface area contributed by atoms with Gasteiger partial charge in [0, 0.05) is 6.42 Å². The predicted molar refractivity (Wildman–Crippen MR) is 62.7 cm³/mol. The quantitative estimate of drug-likeness (QED) is 0.831. The van der Waals surface area contributed by atoms with Crippen LogP contribution in [0.1, 0.15) is 16.8 Å². The smallest absolute Gasteiger partial charge is 0.357 e. The molecule has 1 aromatic carbocycles. The summed E-state index contributed by atoms with van der Waals surface area (Å²) < 4.78 is 5.52. The molecular formula is C13H15NO4. The highest BCUT2D eigenvalue weighted by Gasteiger charge is 2.58. The van der Waals surface area contributed by atoms with Gasteiger partial charge in [-0.05, 0) is 12.1 Å². The van der Waals surface area contributed by atoms with E-state index in [0.29, 0.717) is 31.7 Å². The van der Waals surface area contributed by atoms with Gasteiger partial charge in [0.25, 0.3) is 0 Å². The molecule has 1 aliphatic carbocycles. The highest BCUT2D eigenvalue weighted by molar-refractivity contribution is 5.89. The second kappa shape index (κ2) is 4.35. The van der Waals surface area contributed by atoms with E-state index in [0.717, 1.165) is 0 Å². The Hall–Kier alpha value is -1.43. The van der Waals surface area contributed by atoms with Crippen molar-refractivity contribution in [2.45, 2.75) is 18.1 Å². The van der Waals surface area contributed by atoms with Gasteiger partial charge in [-0.1, -0.05) is 18.2 Å². The lowest BCUT2D eigenvalue weighted by molar-refractivity contribution is -0.187. The number of benzene rings is 1. The molecule has 0 amide bonds. The second-order valence-electron chi connectivity index (χ2n) is 4.74. The minimum absolute atomic E-state index is 0.372. The van der Waals surface area contributed by atoms with Crippen LogP contribution in [0.15, 0.2) is 30.3 Å². The van der Waals surface area contributed by atoms with Crippen LogP contribution in [0.2, 0.25) is 0 Å². The van der Waals surface area contributed by atoms with Crippen molar-refractivity contribution in [2.24, 2.45) is 0 Å². The van der Waals surface area contributed by atoms with Crippen LogP contribution in [-0.4, -0.2) is 47.5 Å². The van der Waals surface area contributed by atoms with E-state index in [-0.39, 0.29) is 5.97 Å². The molecule has 0 radical (unpaired) electrons. The summed E-state index contributed by atoms with van der Waals surface area (Å²) in [5, 5.41) is 11.1. The van der Waals surface area contributed by atoms with Crippen molar-refractivity contribution in [3.63, 3.8) is 0 Å². The van der Waals surface area contributed by atoms with Crippen molar-refractivity contribution in [3.05, 3.63) is 35.9 Å². The Morgan fingerprint density at radius 2 is 2.17 bits per heavy atom. The largest absolute Gasteiger partial charge is 0.390 e. The van der Waals surface area contributed by atoms with E-state index < -0.39 is 11.7 Å². The average molecular weight is 249 g/mol. The number of ether oxygens (including phenoxy) is 1. The third-order valence-corrected chi connectivity index (χ3v) is 3.38. The first kappa shape index (κ1) is 11.6. The van der Waals surface area contributed by atoms with E-state index in [1.807, 2.05) is 6.07 Å². The Balaban J connectivity index is 1.61. The number of rotatable bonds is 2. The molecule has 1 saturated carbocycles. The average Bonchev–Trinajstić information content (AvgIpc) is 2.99. The van der Waals surface area contributed by atoms with Crippen molar-refractivity contribution in [2.75, 3.05) is 19.7 Å². The molecule has 0 aromatic heterocycles. The van der Waals surface area contributed by atoms with Crippen LogP contribution < -0.4 is 0 Å². The van der Waals surface area contributed by atoms with Gasteiger partial charge in [-0.25, -0.2) is 4.79 Å². The molecule has 5 heteroatoms. The zero-order valence-corrected chi connectivity index (χ0v) is 9.91. The highest BCUT2D eigenvalue weighted by Crippen LogP contribution is 2.42. The highest BCUT2D eigenvalue weighted by atomic mass is 16.7. The van der Waals surface area contributed by atoms with E-state index in [1.54, 1.807) is 29.3 Å². The normalized spacial score (nSPS) is 31.3. The van der Waals surface area contributed by atoms with Gasteiger partial charge in [0.1, 0.15) is 5.60 Å². The van der Waals surface area contributed by atoms with Crippen LogP contribution in [0.3, 0.4) is 0 Å². The van der Waals surface area contributed by atoms with Gasteiger partial charge in [-0.2, -0.15) is 0 Å². The van der Waals surface area contributed by atoms with Gasteiger partial charge < -0.3 is 14.7 Å². The van der Waals surface area contributed by atoms with Crippen molar-refractivity contribution in [1.82, 2.24) is 5.06 Å². The van der Waals surface area contributed by atoms with Gasteiger partial charge in [0.15, 0.2) is 0 Å². The first-order valence-electron chi connectivity index (χ1n) is 6.04. The number of hydrogen-bond donors (Lipinski definition) is 1. The predicted octanol–water partition coefficient (Wildman–Crippen LogP) is 0.594. The summed E-state index contributed by atoms with van der Waals surface area (Å²) in [6, 6.07) is 8.86. The maximum absolute atomic E-state index is 11.9. The third-order valence-electron chi connectivity index (χ3n) is 3.38. The molecule has 1 aliphatic heterocycles. The van der Waals surface area contributed by atoms with E-state index in [2.05, 4.69) is 0 Å². The second-order valence-corrected chi connectivity index (χ2v) is 4.74. The first-order chi connectivity index (χ1) is 8.70. The van der Waals surface area contributed by atoms with Crippen molar-refractivity contribution in [1.29, 1.82) is 0 Å². The molecule has 96 valence electrons. The molecular weight excluding hydrogens is 234 g/mol. The Labute approximate surface area is 105 Å². The van der Waals surface area contributed by atoms with Crippen molar-refractivity contribution < 1.29 is 19.5 Å². The van der Waals surface area contributed by atoms with Crippen LogP contribution in [0.25, 0.3) is 0 Å². The van der Waals surface area contributed by atoms with E-state index in [1.165, 1.54) is 0 Å². The summed E-state index contributed by atoms with van der Waals surface area (Å²) in [4.78, 5) is 17.2. The van der Waals surface area contributed by atoms with E-state index >= 15 is 0 Å². The molecule has 3 rings (SSSR count). The summed E-state index contributed by atoms with van der Waals surface area (Å²) in [6.45, 7) is 1.44. The molecule has 5 nitrogen and oxygen atoms in total. The SMILES string of the molecule is O=C(ON1CCO[C@]2(CC2O)C1)c1ccccc1. The molecule has 2 fully saturated rings. The number of hydroxylamine groups is 2. The van der Waals surface area contributed by atoms with E-state index in [4.69, 9.17) is 9.57 Å². The van der Waals surface area contributed by atoms with Gasteiger partial charge in [-0.15, -0.1) is 5.06 Å². The summed E-state index contributed by atoms with van der Waals surface area (Å²) >= 11 is 0. The number of carbonyl (C=O) groups excluding carboxylic acids is 1. The summed E-state index contributed by atoms with van der Waals surface area (Å²) in [5.41, 5.74) is 0.0178. The van der Waals surface area contributed by atoms with Crippen molar-refractivity contribution >= 4 is 5.97 Å². The fourth-order valence-corrected chi connectivity index (χ4v) is 2.19. The molecule has 0 bridgehead atoms. The van der Waals surface area contributed by atoms with Crippen LogP contribution in [-0.2, 0) is 9.57 Å². The summed E-state index contributed by atoms with van der Waals surface area (Å²) in [5.74, 6) is -0.372. The third kappa shape index (κ3) is 2.12. The Bertz CT molecular complexity index is 450. The fourth-order valence-electron chi connectivity index (χ4n) is 2.19. The number of aliphatic hydroxyl groups is 1. The zero-order chi connectivity index (χ0) is 12.6. The molecule has 1 heterocycles. The minimum Gasteiger partial charge on any atom is -0.390 e. The number of carbonyl (C=O) groups is 1. The Morgan fingerprint density at radius 1 is 1.44 bits per heavy atom. The number of nitrogens with zero attached hydrogens (tertiary/aromatic N) is 1. The summed E-state index contributed by atoms with van der Waals surface area (Å²) in [6.07, 6.45) is 0.183. The fraction of sp³-hybridized carbons (Fsp3) is 0.462. The molecule has 1 N–H and O–H groups in total. The monoisotopic (exact) mass is 249 g/mol. The number of hydrogen-bond acceptors (Lipinski definition) is 5. The number of morpholine rings is 1. The minimum atomic E-state index is -0.505. The van der Waals surface area contributed by atoms with Crippen LogP contribution >= 0.6 is 0 Å². The molecule has 1 aromatic rings. The summed E-state index contributed by atoms with van der Waals surface area (Å²) in [7, 11) is 0. The molecule has 1 saturated heterocycles. The Kier molecular flexibility index (Phi) is 2.81. The Morgan fingerprint density at radius 3 is 2.83 bits per heavy atom. The molecule has 1 unspecified atom stereocenters. The van der Waals surface area contributed by atoms with Gasteiger partial charge in [-0.3, -0.25) is 0 Å². The number of aliphatic hydroxyl groups excluding tert-OH is 1. The molecule has 2 atom stereocenters. The molecule has 2 aliphatic rings. The lowest BCUT2D eigenvalue weighted by atomic mass is 10.2. The first-order valence-corrected chi connectivity index (χ1v) is 6.04. The van der Waals surface area contributed by atoms with Crippen molar-refractivity contribution in [3.8, 4) is 0 Å². The molecule has 18 heavy (non-hydrogen) atoms. The molecule has 1 spiro atoms. The van der Waals surface area contributed by atoms with Crippen LogP contribution in [0.5, 0.6) is 0 Å². The zero-order valence-electron chi connectivity index (χ0n) is 9.91. The van der Waals surface area contributed by atoms with Gasteiger partial charge in [0.2, 0.25) is 0 Å². The standard InChI is InChI=1S/C13H15NO4/c15-11-8-13(11)9-14(6-7-17-13)18-12(16)10-4-2-1-3-5-10/h1-5,11,15H,6-9H2/t11?,13-/m1/s1. The van der Waals surface area contributed by atoms with Crippen LogP contribution in [0, 0.1) is 0 Å².